The number of amides is 3. The highest BCUT2D eigenvalue weighted by molar-refractivity contribution is 6.53. The van der Waals surface area contributed by atoms with Crippen LogP contribution in [0.4, 0.5) is 0 Å². The molecule has 2 fully saturated rings. The van der Waals surface area contributed by atoms with Crippen molar-refractivity contribution in [1.29, 1.82) is 0 Å². The number of benzene rings is 3. The molecule has 4 unspecified atom stereocenters. The summed E-state index contributed by atoms with van der Waals surface area (Å²) < 4.78 is 23.6. The molecule has 3 aromatic carbocycles. The van der Waals surface area contributed by atoms with Crippen LogP contribution in [0.25, 0.3) is 0 Å². The summed E-state index contributed by atoms with van der Waals surface area (Å²) in [6.07, 6.45) is 6.61. The third-order valence-corrected chi connectivity index (χ3v) is 15.7. The van der Waals surface area contributed by atoms with Gasteiger partial charge in [-0.05, 0) is 73.0 Å². The summed E-state index contributed by atoms with van der Waals surface area (Å²) in [5.74, 6) is -11.3. The summed E-state index contributed by atoms with van der Waals surface area (Å²) in [5, 5.41) is 60.2. The van der Waals surface area contributed by atoms with E-state index < -0.39 is 117 Å². The fourth-order valence-electron chi connectivity index (χ4n) is 10.9. The minimum absolute atomic E-state index is 0.00187. The Labute approximate surface area is 578 Å². The Balaban J connectivity index is 0.000000340. The van der Waals surface area contributed by atoms with Gasteiger partial charge < -0.3 is 65.0 Å². The van der Waals surface area contributed by atoms with Crippen LogP contribution in [0.1, 0.15) is 128 Å². The maximum Gasteiger partial charge on any atom is 0.552 e. The van der Waals surface area contributed by atoms with Gasteiger partial charge in [-0.15, -0.1) is 0 Å². The minimum atomic E-state index is -2.27. The number of nitrogens with zero attached hydrogens (tertiary/aromatic N) is 6. The van der Waals surface area contributed by atoms with Crippen LogP contribution < -0.4 is 16.0 Å². The van der Waals surface area contributed by atoms with Crippen molar-refractivity contribution in [3.8, 4) is 0 Å². The molecular formula is C68H82B3N9O20. The van der Waals surface area contributed by atoms with E-state index in [4.69, 9.17) is 39.0 Å². The molecule has 8 rings (SSSR count). The third kappa shape index (κ3) is 25.5. The first-order valence-corrected chi connectivity index (χ1v) is 32.5. The molecule has 3 aromatic heterocycles. The van der Waals surface area contributed by atoms with Crippen molar-refractivity contribution >= 4 is 80.3 Å². The number of ketones is 3. The Morgan fingerprint density at radius 2 is 0.900 bits per heavy atom. The van der Waals surface area contributed by atoms with Crippen molar-refractivity contribution in [2.24, 2.45) is 29.6 Å². The van der Waals surface area contributed by atoms with Gasteiger partial charge in [0.25, 0.3) is 5.91 Å². The molecule has 0 bridgehead atoms. The van der Waals surface area contributed by atoms with Gasteiger partial charge in [0.1, 0.15) is 17.1 Å². The normalized spacial score (nSPS) is 16.5. The van der Waals surface area contributed by atoms with Crippen LogP contribution in [-0.2, 0) is 71.4 Å². The molecule has 2 aliphatic rings. The molecule has 29 nitrogen and oxygen atoms in total. The van der Waals surface area contributed by atoms with E-state index in [1.165, 1.54) is 55.8 Å². The maximum absolute atomic E-state index is 14.1. The van der Waals surface area contributed by atoms with Crippen LogP contribution in [0.3, 0.4) is 0 Å². The summed E-state index contributed by atoms with van der Waals surface area (Å²) in [6.45, 7) is 11.6. The molecule has 0 spiro atoms. The smallest absolute Gasteiger partial charge is 0.507 e. The molecule has 0 saturated carbocycles. The van der Waals surface area contributed by atoms with Gasteiger partial charge in [0.05, 0.1) is 36.5 Å². The summed E-state index contributed by atoms with van der Waals surface area (Å²) in [7, 11) is -4.19. The fourth-order valence-corrected chi connectivity index (χ4v) is 10.9. The number of carboxylic acid groups (broad SMARTS) is 2. The standard InChI is InChI=1S/C44H50B2N6O10.C20H26BN3O4.C4H6O6/c1-27(2)19-32(24-37(54)33(22-30-13-9-6-10-14-30)51-42(56)35-26-48-16-18-50-35)45-59-39(43(57)61-45)40-44(58)62-46(60-40)38(20-28(3)4)52-41(55)31(21-29-11-7-5-8-12-29)23-36(53)34-25-47-15-17-49-34;1-14(2)10-19(21(27)28)24-20(26)16(11-15-6-4-3-5-7-15)12-18(25)17-13-22-8-9-23-17;5-1(3(7)8)2(6)4(9)10/h5-18,25-28,31-33,38-40H,19-24H2,1-4H3,(H,51,56)(H,52,55);3-9,13-14,16,19,27-28H,10-12H2,1-2H3,(H,24,26);1-2,5-6H,(H,7,8)(H,9,10)/t31?,32-,33?,38+,39+,40?;16?,19-;1-,2-/m101/s1. The van der Waals surface area contributed by atoms with E-state index in [1.807, 2.05) is 133 Å². The van der Waals surface area contributed by atoms with E-state index >= 15 is 0 Å². The van der Waals surface area contributed by atoms with Crippen LogP contribution in [0, 0.1) is 29.6 Å². The minimum Gasteiger partial charge on any atom is -0.507 e. The average Bonchev–Trinajstić information content (AvgIpc) is 1.64. The number of carboxylic acids is 2. The van der Waals surface area contributed by atoms with Crippen molar-refractivity contribution in [1.82, 2.24) is 45.9 Å². The zero-order valence-corrected chi connectivity index (χ0v) is 56.0. The number of hydrogen-bond donors (Lipinski definition) is 9. The quantitative estimate of drug-likeness (QED) is 0.0206. The molecule has 2 aliphatic heterocycles. The van der Waals surface area contributed by atoms with E-state index in [0.29, 0.717) is 25.7 Å². The Morgan fingerprint density at radius 1 is 0.500 bits per heavy atom. The lowest BCUT2D eigenvalue weighted by Gasteiger charge is -2.25. The van der Waals surface area contributed by atoms with E-state index in [1.54, 1.807) is 0 Å². The second-order valence-electron chi connectivity index (χ2n) is 25.3. The number of aromatic nitrogens is 6. The zero-order chi connectivity index (χ0) is 73.0. The predicted octanol–water partition coefficient (Wildman–Crippen LogP) is 3.37. The molecule has 3 amide bonds. The molecule has 100 heavy (non-hydrogen) atoms. The lowest BCUT2D eigenvalue weighted by atomic mass is 9.65. The largest absolute Gasteiger partial charge is 0.552 e. The van der Waals surface area contributed by atoms with Crippen LogP contribution in [0.15, 0.2) is 147 Å². The number of carbonyl (C=O) groups is 10. The molecule has 10 atom stereocenters. The van der Waals surface area contributed by atoms with Gasteiger partial charge in [0, 0.05) is 74.1 Å². The second kappa shape index (κ2) is 39.7. The highest BCUT2D eigenvalue weighted by atomic mass is 16.7. The van der Waals surface area contributed by atoms with Gasteiger partial charge in [-0.2, -0.15) is 0 Å². The molecule has 6 aromatic rings. The monoisotopic (exact) mass is 1380 g/mol. The lowest BCUT2D eigenvalue weighted by Crippen LogP contribution is -2.50. The highest BCUT2D eigenvalue weighted by Crippen LogP contribution is 2.34. The molecule has 2 saturated heterocycles. The Morgan fingerprint density at radius 3 is 1.30 bits per heavy atom. The molecular weight excluding hydrogens is 1300 g/mol. The fraction of sp³-hybridized carbons (Fsp3) is 0.412. The summed E-state index contributed by atoms with van der Waals surface area (Å²) >= 11 is 0. The number of nitrogens with one attached hydrogen (secondary N) is 3. The first-order valence-electron chi connectivity index (χ1n) is 32.5. The Hall–Kier alpha value is -9.85. The van der Waals surface area contributed by atoms with Crippen molar-refractivity contribution < 1.29 is 97.0 Å². The van der Waals surface area contributed by atoms with E-state index in [2.05, 4.69) is 45.9 Å². The van der Waals surface area contributed by atoms with Gasteiger partial charge in [-0.3, -0.25) is 53.3 Å². The summed E-state index contributed by atoms with van der Waals surface area (Å²) in [5.41, 5.74) is 2.95. The maximum atomic E-state index is 14.1. The number of aliphatic hydroxyl groups excluding tert-OH is 2. The van der Waals surface area contributed by atoms with Crippen molar-refractivity contribution in [3.63, 3.8) is 0 Å². The Kier molecular flexibility index (Phi) is 31.4. The zero-order valence-electron chi connectivity index (χ0n) is 56.0. The molecule has 9 N–H and O–H groups in total. The molecule has 0 radical (unpaired) electrons. The van der Waals surface area contributed by atoms with Crippen LogP contribution in [-0.4, -0.2) is 183 Å². The summed E-state index contributed by atoms with van der Waals surface area (Å²) in [4.78, 5) is 151. The number of aliphatic carboxylic acids is 2. The first kappa shape index (κ1) is 79.1. The lowest BCUT2D eigenvalue weighted by molar-refractivity contribution is -0.165. The number of hydrogen-bond acceptors (Lipinski definition) is 24. The van der Waals surface area contributed by atoms with E-state index in [-0.39, 0.29) is 90.2 Å². The Bertz CT molecular complexity index is 3470. The van der Waals surface area contributed by atoms with Gasteiger partial charge in [-0.25, -0.2) is 24.5 Å². The highest BCUT2D eigenvalue weighted by Gasteiger charge is 2.57. The van der Waals surface area contributed by atoms with Crippen LogP contribution in [0.5, 0.6) is 0 Å². The second-order valence-corrected chi connectivity index (χ2v) is 25.3. The van der Waals surface area contributed by atoms with E-state index in [0.717, 1.165) is 16.7 Å². The van der Waals surface area contributed by atoms with Crippen molar-refractivity contribution in [2.45, 2.75) is 147 Å². The molecule has 5 heterocycles. The first-order chi connectivity index (χ1) is 47.7. The molecule has 528 valence electrons. The van der Waals surface area contributed by atoms with Crippen LogP contribution in [0.2, 0.25) is 5.82 Å². The van der Waals surface area contributed by atoms with Crippen molar-refractivity contribution in [3.05, 3.63) is 181 Å². The molecule has 32 heteroatoms. The topological polar surface area (TPSA) is 442 Å². The SMILES string of the molecule is CC(C)C[C@H](CC(=O)C(Cc1ccccc1)NC(=O)c1cnccn1)B1OC(=O)[C@H](C2OB([C@H](CC(C)C)NC(=O)C(CC(=O)c3cnccn3)Cc3ccccc3)OC2=O)O1.CC(C)C[C@H](NC(=O)C(CC(=O)c1cnccn1)Cc1ccccc1)B(O)O.O=C(O)[C@H](O)[C@@H](O)C(=O)O. The van der Waals surface area contributed by atoms with Gasteiger partial charge in [-0.1, -0.05) is 133 Å². The predicted molar refractivity (Wildman–Crippen MR) is 359 cm³/mol. The van der Waals surface area contributed by atoms with Crippen LogP contribution >= 0.6 is 0 Å². The average molecular weight is 1380 g/mol. The van der Waals surface area contributed by atoms with Gasteiger partial charge >= 0.3 is 45.2 Å². The summed E-state index contributed by atoms with van der Waals surface area (Å²) in [6, 6.07) is 26.9. The third-order valence-electron chi connectivity index (χ3n) is 15.7. The van der Waals surface area contributed by atoms with Crippen molar-refractivity contribution in [2.75, 3.05) is 0 Å². The number of rotatable bonds is 34. The van der Waals surface area contributed by atoms with Gasteiger partial charge in [0.15, 0.2) is 41.8 Å². The van der Waals surface area contributed by atoms with Gasteiger partial charge in [0.2, 0.25) is 11.8 Å². The number of Topliss-reactive ketones (excluding diaryl/α,β-unsaturated/α-hetero) is 3. The number of carbonyl (C=O) groups excluding carboxylic acids is 8. The molecule has 0 aliphatic carbocycles. The number of aliphatic hydroxyl groups is 2. The van der Waals surface area contributed by atoms with E-state index in [9.17, 15) is 58.0 Å².